The molecule has 2 N–H and O–H groups in total. The van der Waals surface area contributed by atoms with E-state index in [9.17, 15) is 13.2 Å². The molecule has 0 aliphatic heterocycles. The van der Waals surface area contributed by atoms with E-state index < -0.39 is 16.0 Å². The molecule has 0 spiro atoms. The normalized spacial score (nSPS) is 11.2. The van der Waals surface area contributed by atoms with E-state index in [0.717, 1.165) is 11.1 Å². The van der Waals surface area contributed by atoms with Gasteiger partial charge in [0.05, 0.1) is 17.4 Å². The molecule has 7 nitrogen and oxygen atoms in total. The average Bonchev–Trinajstić information content (AvgIpc) is 2.74. The topological polar surface area (TPSA) is 97.4 Å². The maximum absolute atomic E-state index is 13.2. The molecule has 0 amide bonds. The minimum Gasteiger partial charge on any atom is -0.459 e. The van der Waals surface area contributed by atoms with E-state index in [2.05, 4.69) is 15.0 Å². The van der Waals surface area contributed by atoms with Crippen LogP contribution in [0, 0.1) is 6.92 Å². The molecule has 0 fully saturated rings. The van der Waals surface area contributed by atoms with Gasteiger partial charge in [-0.05, 0) is 62.7 Å². The second-order valence-corrected chi connectivity index (χ2v) is 9.00. The van der Waals surface area contributed by atoms with Crippen LogP contribution in [0.25, 0.3) is 0 Å². The number of hydrogen-bond acceptors (Lipinski definition) is 6. The molecule has 0 atom stereocenters. The van der Waals surface area contributed by atoms with Crippen molar-refractivity contribution in [3.05, 3.63) is 83.7 Å². The Labute approximate surface area is 182 Å². The number of carbonyl (C=O) groups is 1. The molecule has 162 valence electrons. The summed E-state index contributed by atoms with van der Waals surface area (Å²) in [6.45, 7) is 5.76. The van der Waals surface area contributed by atoms with E-state index in [1.54, 1.807) is 56.6 Å². The zero-order chi connectivity index (χ0) is 22.4. The highest BCUT2D eigenvalue weighted by atomic mass is 32.2. The molecular formula is C23H25N3O4S. The SMILES string of the molecule is Cc1ccc(NS(=O)(=O)c2cc(C(=O)OC(C)C)ccc2NCc2cccnc2)cc1. The van der Waals surface area contributed by atoms with Crippen molar-refractivity contribution >= 4 is 27.4 Å². The molecule has 31 heavy (non-hydrogen) atoms. The summed E-state index contributed by atoms with van der Waals surface area (Å²) in [5.41, 5.74) is 2.86. The lowest BCUT2D eigenvalue weighted by molar-refractivity contribution is 0.0377. The van der Waals surface area contributed by atoms with Gasteiger partial charge in [-0.25, -0.2) is 13.2 Å². The van der Waals surface area contributed by atoms with Crippen molar-refractivity contribution in [3.8, 4) is 0 Å². The van der Waals surface area contributed by atoms with Gasteiger partial charge in [-0.15, -0.1) is 0 Å². The fraction of sp³-hybridized carbons (Fsp3) is 0.217. The number of hydrogen-bond donors (Lipinski definition) is 2. The zero-order valence-corrected chi connectivity index (χ0v) is 18.4. The maximum Gasteiger partial charge on any atom is 0.338 e. The van der Waals surface area contributed by atoms with Crippen molar-refractivity contribution in [1.29, 1.82) is 0 Å². The lowest BCUT2D eigenvalue weighted by Crippen LogP contribution is -2.17. The number of sulfonamides is 1. The number of rotatable bonds is 8. The predicted molar refractivity (Wildman–Crippen MR) is 121 cm³/mol. The largest absolute Gasteiger partial charge is 0.459 e. The predicted octanol–water partition coefficient (Wildman–Crippen LogP) is 4.37. The molecule has 8 heteroatoms. The van der Waals surface area contributed by atoms with Crippen LogP contribution in [-0.2, 0) is 21.3 Å². The number of nitrogens with zero attached hydrogens (tertiary/aromatic N) is 1. The summed E-state index contributed by atoms with van der Waals surface area (Å²) in [4.78, 5) is 16.4. The third-order valence-corrected chi connectivity index (χ3v) is 5.78. The fourth-order valence-corrected chi connectivity index (χ4v) is 4.10. The van der Waals surface area contributed by atoms with Crippen LogP contribution in [0.5, 0.6) is 0 Å². The standard InChI is InChI=1S/C23H25N3O4S/c1-16(2)30-23(27)19-8-11-21(25-15-18-5-4-12-24-14-18)22(13-19)31(28,29)26-20-9-6-17(3)7-10-20/h4-14,16,25-26H,15H2,1-3H3. The summed E-state index contributed by atoms with van der Waals surface area (Å²) in [6.07, 6.45) is 3.04. The Balaban J connectivity index is 1.95. The summed E-state index contributed by atoms with van der Waals surface area (Å²) in [5.74, 6) is -0.583. The summed E-state index contributed by atoms with van der Waals surface area (Å²) >= 11 is 0. The monoisotopic (exact) mass is 439 g/mol. The highest BCUT2D eigenvalue weighted by Gasteiger charge is 2.22. The van der Waals surface area contributed by atoms with Crippen molar-refractivity contribution in [2.45, 2.75) is 38.3 Å². The van der Waals surface area contributed by atoms with Crippen molar-refractivity contribution in [1.82, 2.24) is 4.98 Å². The number of carbonyl (C=O) groups excluding carboxylic acids is 1. The first-order valence-electron chi connectivity index (χ1n) is 9.82. The first kappa shape index (κ1) is 22.3. The quantitative estimate of drug-likeness (QED) is 0.506. The van der Waals surface area contributed by atoms with E-state index >= 15 is 0 Å². The van der Waals surface area contributed by atoms with Crippen LogP contribution in [0.2, 0.25) is 0 Å². The van der Waals surface area contributed by atoms with E-state index in [1.165, 1.54) is 6.07 Å². The summed E-state index contributed by atoms with van der Waals surface area (Å²) in [7, 11) is -3.98. The third kappa shape index (κ3) is 6.05. The van der Waals surface area contributed by atoms with Crippen molar-refractivity contribution in [3.63, 3.8) is 0 Å². The molecule has 1 aromatic heterocycles. The summed E-state index contributed by atoms with van der Waals surface area (Å²) in [6, 6.07) is 15.1. The first-order chi connectivity index (χ1) is 14.7. The zero-order valence-electron chi connectivity index (χ0n) is 17.6. The molecule has 1 heterocycles. The number of nitrogens with one attached hydrogen (secondary N) is 2. The summed E-state index contributed by atoms with van der Waals surface area (Å²) in [5, 5.41) is 3.13. The van der Waals surface area contributed by atoms with Gasteiger partial charge in [0.25, 0.3) is 10.0 Å². The van der Waals surface area contributed by atoms with Gasteiger partial charge in [-0.1, -0.05) is 23.8 Å². The van der Waals surface area contributed by atoms with Crippen molar-refractivity contribution < 1.29 is 17.9 Å². The minimum atomic E-state index is -3.98. The van der Waals surface area contributed by atoms with Gasteiger partial charge in [0, 0.05) is 24.6 Å². The van der Waals surface area contributed by atoms with Crippen LogP contribution in [0.15, 0.2) is 71.9 Å². The second-order valence-electron chi connectivity index (χ2n) is 7.35. The van der Waals surface area contributed by atoms with Crippen molar-refractivity contribution in [2.75, 3.05) is 10.0 Å². The van der Waals surface area contributed by atoms with Gasteiger partial charge in [0.2, 0.25) is 0 Å². The second kappa shape index (κ2) is 9.61. The van der Waals surface area contributed by atoms with E-state index in [0.29, 0.717) is 17.9 Å². The van der Waals surface area contributed by atoms with Crippen LogP contribution < -0.4 is 10.0 Å². The Morgan fingerprint density at radius 2 is 1.84 bits per heavy atom. The Hall–Kier alpha value is -3.39. The van der Waals surface area contributed by atoms with Gasteiger partial charge in [-0.3, -0.25) is 9.71 Å². The Morgan fingerprint density at radius 1 is 1.10 bits per heavy atom. The highest BCUT2D eigenvalue weighted by molar-refractivity contribution is 7.92. The Kier molecular flexibility index (Phi) is 6.91. The van der Waals surface area contributed by atoms with E-state index in [-0.39, 0.29) is 16.6 Å². The number of esters is 1. The van der Waals surface area contributed by atoms with Crippen LogP contribution in [0.4, 0.5) is 11.4 Å². The lowest BCUT2D eigenvalue weighted by Gasteiger charge is -2.16. The number of aryl methyl sites for hydroxylation is 1. The number of ether oxygens (including phenoxy) is 1. The number of anilines is 2. The molecule has 3 rings (SSSR count). The minimum absolute atomic E-state index is 0.0461. The van der Waals surface area contributed by atoms with Gasteiger partial charge < -0.3 is 10.1 Å². The van der Waals surface area contributed by atoms with E-state index in [4.69, 9.17) is 4.74 Å². The number of aromatic nitrogens is 1. The molecule has 3 aromatic rings. The first-order valence-corrected chi connectivity index (χ1v) is 11.3. The smallest absolute Gasteiger partial charge is 0.338 e. The molecule has 0 saturated carbocycles. The molecular weight excluding hydrogens is 414 g/mol. The average molecular weight is 440 g/mol. The maximum atomic E-state index is 13.2. The van der Waals surface area contributed by atoms with Crippen LogP contribution >= 0.6 is 0 Å². The molecule has 0 aliphatic carbocycles. The highest BCUT2D eigenvalue weighted by Crippen LogP contribution is 2.26. The van der Waals surface area contributed by atoms with Gasteiger partial charge in [-0.2, -0.15) is 0 Å². The van der Waals surface area contributed by atoms with Crippen molar-refractivity contribution in [2.24, 2.45) is 0 Å². The van der Waals surface area contributed by atoms with Crippen LogP contribution in [0.1, 0.15) is 35.3 Å². The molecule has 0 aliphatic rings. The third-order valence-electron chi connectivity index (χ3n) is 4.36. The Morgan fingerprint density at radius 3 is 2.48 bits per heavy atom. The molecule has 0 radical (unpaired) electrons. The Bertz CT molecular complexity index is 1150. The van der Waals surface area contributed by atoms with Gasteiger partial charge >= 0.3 is 5.97 Å². The lowest BCUT2D eigenvalue weighted by atomic mass is 10.2. The van der Waals surface area contributed by atoms with Gasteiger partial charge in [0.1, 0.15) is 4.90 Å². The number of pyridine rings is 1. The molecule has 0 unspecified atom stereocenters. The molecule has 2 aromatic carbocycles. The molecule has 0 bridgehead atoms. The van der Waals surface area contributed by atoms with Crippen LogP contribution in [0.3, 0.4) is 0 Å². The molecule has 0 saturated heterocycles. The van der Waals surface area contributed by atoms with E-state index in [1.807, 2.05) is 25.1 Å². The van der Waals surface area contributed by atoms with Gasteiger partial charge in [0.15, 0.2) is 0 Å². The number of benzene rings is 2. The fourth-order valence-electron chi connectivity index (χ4n) is 2.83. The van der Waals surface area contributed by atoms with Crippen LogP contribution in [-0.4, -0.2) is 25.5 Å². The summed E-state index contributed by atoms with van der Waals surface area (Å²) < 4.78 is 34.2.